The summed E-state index contributed by atoms with van der Waals surface area (Å²) in [6.45, 7) is 4.95. The van der Waals surface area contributed by atoms with Crippen LogP contribution in [-0.2, 0) is 0 Å². The SMILES string of the molecule is Cc1ccnc(-n2nc(C)cc2NC(=O)N2CCCC(NC(=O)c3ccccc3)C2)c1. The highest BCUT2D eigenvalue weighted by Gasteiger charge is 2.26. The van der Waals surface area contributed by atoms with Gasteiger partial charge in [-0.05, 0) is 56.5 Å². The summed E-state index contributed by atoms with van der Waals surface area (Å²) in [5.41, 5.74) is 2.46. The van der Waals surface area contributed by atoms with Crippen LogP contribution in [0.3, 0.4) is 0 Å². The molecule has 2 aromatic heterocycles. The van der Waals surface area contributed by atoms with Crippen LogP contribution in [0.5, 0.6) is 0 Å². The van der Waals surface area contributed by atoms with Crippen molar-refractivity contribution < 1.29 is 9.59 Å². The number of carbonyl (C=O) groups is 2. The first-order valence-electron chi connectivity index (χ1n) is 10.4. The van der Waals surface area contributed by atoms with Gasteiger partial charge in [-0.2, -0.15) is 9.78 Å². The first-order chi connectivity index (χ1) is 15.0. The number of anilines is 1. The Hall–Kier alpha value is -3.68. The van der Waals surface area contributed by atoms with Gasteiger partial charge in [0.1, 0.15) is 5.82 Å². The first-order valence-corrected chi connectivity index (χ1v) is 10.4. The van der Waals surface area contributed by atoms with E-state index in [9.17, 15) is 9.59 Å². The molecule has 4 rings (SSSR count). The summed E-state index contributed by atoms with van der Waals surface area (Å²) in [5, 5.41) is 10.5. The van der Waals surface area contributed by atoms with Crippen molar-refractivity contribution >= 4 is 17.8 Å². The number of aryl methyl sites for hydroxylation is 2. The molecular formula is C23H26N6O2. The lowest BCUT2D eigenvalue weighted by atomic mass is 10.1. The minimum atomic E-state index is -0.215. The van der Waals surface area contributed by atoms with E-state index in [4.69, 9.17) is 0 Å². The third kappa shape index (κ3) is 4.91. The number of hydrogen-bond acceptors (Lipinski definition) is 4. The Morgan fingerprint density at radius 3 is 2.68 bits per heavy atom. The Morgan fingerprint density at radius 1 is 1.10 bits per heavy atom. The summed E-state index contributed by atoms with van der Waals surface area (Å²) in [4.78, 5) is 31.5. The van der Waals surface area contributed by atoms with E-state index < -0.39 is 0 Å². The summed E-state index contributed by atoms with van der Waals surface area (Å²) < 4.78 is 1.64. The number of benzene rings is 1. The molecule has 0 radical (unpaired) electrons. The predicted octanol–water partition coefficient (Wildman–Crippen LogP) is 3.31. The number of nitrogens with zero attached hydrogens (tertiary/aromatic N) is 4. The highest BCUT2D eigenvalue weighted by Crippen LogP contribution is 2.18. The second kappa shape index (κ2) is 8.99. The van der Waals surface area contributed by atoms with E-state index in [0.29, 0.717) is 30.3 Å². The van der Waals surface area contributed by atoms with Gasteiger partial charge < -0.3 is 10.2 Å². The molecule has 1 unspecified atom stereocenters. The fourth-order valence-electron chi connectivity index (χ4n) is 3.73. The minimum absolute atomic E-state index is 0.0858. The molecule has 2 N–H and O–H groups in total. The molecule has 0 aliphatic carbocycles. The van der Waals surface area contributed by atoms with Crippen LogP contribution in [0.15, 0.2) is 54.7 Å². The van der Waals surface area contributed by atoms with Gasteiger partial charge in [-0.3, -0.25) is 10.1 Å². The van der Waals surface area contributed by atoms with Crippen molar-refractivity contribution in [3.8, 4) is 5.82 Å². The van der Waals surface area contributed by atoms with Crippen molar-refractivity contribution in [2.75, 3.05) is 18.4 Å². The quantitative estimate of drug-likeness (QED) is 0.680. The van der Waals surface area contributed by atoms with Crippen molar-refractivity contribution in [2.45, 2.75) is 32.7 Å². The van der Waals surface area contributed by atoms with Crippen molar-refractivity contribution in [2.24, 2.45) is 0 Å². The molecule has 0 bridgehead atoms. The lowest BCUT2D eigenvalue weighted by Gasteiger charge is -2.33. The number of aromatic nitrogens is 3. The highest BCUT2D eigenvalue weighted by atomic mass is 16.2. The van der Waals surface area contributed by atoms with Crippen molar-refractivity contribution in [1.29, 1.82) is 0 Å². The van der Waals surface area contributed by atoms with Crippen molar-refractivity contribution in [3.63, 3.8) is 0 Å². The lowest BCUT2D eigenvalue weighted by Crippen LogP contribution is -2.50. The zero-order valence-corrected chi connectivity index (χ0v) is 17.7. The van der Waals surface area contributed by atoms with E-state index in [2.05, 4.69) is 20.7 Å². The number of hydrogen-bond donors (Lipinski definition) is 2. The van der Waals surface area contributed by atoms with Crippen molar-refractivity contribution in [3.05, 3.63) is 71.5 Å². The fourth-order valence-corrected chi connectivity index (χ4v) is 3.73. The largest absolute Gasteiger partial charge is 0.348 e. The van der Waals surface area contributed by atoms with Crippen LogP contribution < -0.4 is 10.6 Å². The predicted molar refractivity (Wildman–Crippen MR) is 118 cm³/mol. The number of carbonyl (C=O) groups excluding carboxylic acids is 2. The highest BCUT2D eigenvalue weighted by molar-refractivity contribution is 5.94. The van der Waals surface area contributed by atoms with E-state index in [0.717, 1.165) is 24.1 Å². The number of likely N-dealkylation sites (tertiary alicyclic amines) is 1. The average Bonchev–Trinajstić information content (AvgIpc) is 3.14. The molecule has 0 spiro atoms. The molecule has 8 nitrogen and oxygen atoms in total. The van der Waals surface area contributed by atoms with Gasteiger partial charge in [0.15, 0.2) is 5.82 Å². The minimum Gasteiger partial charge on any atom is -0.348 e. The van der Waals surface area contributed by atoms with Gasteiger partial charge >= 0.3 is 6.03 Å². The maximum Gasteiger partial charge on any atom is 0.323 e. The van der Waals surface area contributed by atoms with E-state index in [1.165, 1.54) is 0 Å². The molecule has 1 aromatic carbocycles. The normalized spacial score (nSPS) is 16.1. The molecular weight excluding hydrogens is 392 g/mol. The Morgan fingerprint density at radius 2 is 1.90 bits per heavy atom. The molecule has 160 valence electrons. The molecule has 1 saturated heterocycles. The molecule has 1 atom stereocenters. The Kier molecular flexibility index (Phi) is 5.97. The number of piperidine rings is 1. The van der Waals surface area contributed by atoms with Gasteiger partial charge in [0.05, 0.1) is 5.69 Å². The van der Waals surface area contributed by atoms with Crippen LogP contribution in [0, 0.1) is 13.8 Å². The van der Waals surface area contributed by atoms with E-state index in [1.807, 2.05) is 50.2 Å². The fraction of sp³-hybridized carbons (Fsp3) is 0.304. The van der Waals surface area contributed by atoms with Crippen LogP contribution in [-0.4, -0.2) is 50.7 Å². The second-order valence-corrected chi connectivity index (χ2v) is 7.83. The molecule has 3 aromatic rings. The van der Waals surface area contributed by atoms with Gasteiger partial charge in [-0.25, -0.2) is 9.78 Å². The number of urea groups is 1. The monoisotopic (exact) mass is 418 g/mol. The third-order valence-electron chi connectivity index (χ3n) is 5.26. The average molecular weight is 419 g/mol. The second-order valence-electron chi connectivity index (χ2n) is 7.83. The van der Waals surface area contributed by atoms with E-state index in [-0.39, 0.29) is 18.0 Å². The topological polar surface area (TPSA) is 92.2 Å². The molecule has 3 amide bonds. The van der Waals surface area contributed by atoms with Gasteiger partial charge in [-0.15, -0.1) is 0 Å². The summed E-state index contributed by atoms with van der Waals surface area (Å²) in [6, 6.07) is 14.5. The molecule has 1 fully saturated rings. The molecule has 1 aliphatic rings. The summed E-state index contributed by atoms with van der Waals surface area (Å²) in [5.74, 6) is 1.10. The zero-order chi connectivity index (χ0) is 21.8. The summed E-state index contributed by atoms with van der Waals surface area (Å²) in [7, 11) is 0. The maximum atomic E-state index is 13.0. The van der Waals surface area contributed by atoms with E-state index >= 15 is 0 Å². The smallest absolute Gasteiger partial charge is 0.323 e. The van der Waals surface area contributed by atoms with Gasteiger partial charge in [0.2, 0.25) is 0 Å². The molecule has 1 aliphatic heterocycles. The van der Waals surface area contributed by atoms with Crippen LogP contribution in [0.2, 0.25) is 0 Å². The molecule has 31 heavy (non-hydrogen) atoms. The van der Waals surface area contributed by atoms with Crippen LogP contribution in [0.25, 0.3) is 5.82 Å². The first kappa shape index (κ1) is 20.6. The Labute approximate surface area is 181 Å². The van der Waals surface area contributed by atoms with Gasteiger partial charge in [0, 0.05) is 37.0 Å². The number of amides is 3. The Bertz CT molecular complexity index is 1080. The van der Waals surface area contributed by atoms with Crippen LogP contribution in [0.1, 0.15) is 34.5 Å². The van der Waals surface area contributed by atoms with Gasteiger partial charge in [-0.1, -0.05) is 18.2 Å². The summed E-state index contributed by atoms with van der Waals surface area (Å²) >= 11 is 0. The van der Waals surface area contributed by atoms with Crippen LogP contribution >= 0.6 is 0 Å². The van der Waals surface area contributed by atoms with Crippen molar-refractivity contribution in [1.82, 2.24) is 25.0 Å². The molecule has 8 heteroatoms. The maximum absolute atomic E-state index is 13.0. The number of pyridine rings is 1. The lowest BCUT2D eigenvalue weighted by molar-refractivity contribution is 0.0913. The zero-order valence-electron chi connectivity index (χ0n) is 17.7. The molecule has 3 heterocycles. The standard InChI is InChI=1S/C23H26N6O2/c1-16-10-11-24-20(13-16)29-21(14-17(2)27-29)26-23(31)28-12-6-9-19(15-28)25-22(30)18-7-4-3-5-8-18/h3-5,7-8,10-11,13-14,19H,6,9,12,15H2,1-2H3,(H,25,30)(H,26,31). The Balaban J connectivity index is 1.43. The number of rotatable bonds is 4. The van der Waals surface area contributed by atoms with Crippen LogP contribution in [0.4, 0.5) is 10.6 Å². The van der Waals surface area contributed by atoms with E-state index in [1.54, 1.807) is 27.9 Å². The summed E-state index contributed by atoms with van der Waals surface area (Å²) in [6.07, 6.45) is 3.38. The third-order valence-corrected chi connectivity index (χ3v) is 5.26. The van der Waals surface area contributed by atoms with Gasteiger partial charge in [0.25, 0.3) is 5.91 Å². The number of nitrogens with one attached hydrogen (secondary N) is 2. The molecule has 0 saturated carbocycles.